The predicted octanol–water partition coefficient (Wildman–Crippen LogP) is 4.11. The smallest absolute Gasteiger partial charge is 0.389 e. The SMILES string of the molecule is CC(COc1c(N2CCN([SH+]C(C)C)CC2)cnn(-c2cccc(Cl)c2)c1=O)CC(F)(F)F. The van der Waals surface area contributed by atoms with Crippen molar-refractivity contribution in [2.75, 3.05) is 37.7 Å². The van der Waals surface area contributed by atoms with Gasteiger partial charge in [0.25, 0.3) is 0 Å². The zero-order valence-corrected chi connectivity index (χ0v) is 20.5. The number of thiol groups is 1. The molecule has 0 radical (unpaired) electrons. The molecule has 1 aliphatic rings. The van der Waals surface area contributed by atoms with Gasteiger partial charge in [-0.25, -0.2) is 0 Å². The van der Waals surface area contributed by atoms with Crippen molar-refractivity contribution in [2.45, 2.75) is 38.6 Å². The Hall–Kier alpha value is -1.91. The Balaban J connectivity index is 1.88. The van der Waals surface area contributed by atoms with Gasteiger partial charge in [-0.3, -0.25) is 4.79 Å². The van der Waals surface area contributed by atoms with Crippen molar-refractivity contribution >= 4 is 29.2 Å². The van der Waals surface area contributed by atoms with Gasteiger partial charge < -0.3 is 9.64 Å². The van der Waals surface area contributed by atoms with Crippen LogP contribution in [0.1, 0.15) is 27.2 Å². The largest absolute Gasteiger partial charge is 0.486 e. The van der Waals surface area contributed by atoms with Crippen molar-refractivity contribution in [1.82, 2.24) is 14.1 Å². The molecule has 6 nitrogen and oxygen atoms in total. The number of piperazine rings is 1. The third-order valence-corrected chi connectivity index (χ3v) is 6.47. The van der Waals surface area contributed by atoms with Crippen molar-refractivity contribution in [3.05, 3.63) is 45.8 Å². The highest BCUT2D eigenvalue weighted by Crippen LogP contribution is 2.29. The van der Waals surface area contributed by atoms with Crippen molar-refractivity contribution in [2.24, 2.45) is 5.92 Å². The number of rotatable bonds is 8. The molecule has 1 atom stereocenters. The van der Waals surface area contributed by atoms with Gasteiger partial charge in [0, 0.05) is 24.5 Å². The summed E-state index contributed by atoms with van der Waals surface area (Å²) in [5.41, 5.74) is 0.419. The van der Waals surface area contributed by atoms with E-state index in [2.05, 4.69) is 23.3 Å². The fourth-order valence-corrected chi connectivity index (χ4v) is 4.89. The lowest BCUT2D eigenvalue weighted by molar-refractivity contribution is -0.145. The first kappa shape index (κ1) is 25.7. The molecule has 0 spiro atoms. The average molecular weight is 506 g/mol. The van der Waals surface area contributed by atoms with E-state index in [-0.39, 0.29) is 12.4 Å². The minimum Gasteiger partial charge on any atom is -0.486 e. The molecule has 33 heavy (non-hydrogen) atoms. The Bertz CT molecular complexity index is 994. The van der Waals surface area contributed by atoms with Gasteiger partial charge in [-0.15, -0.1) is 4.31 Å². The minimum absolute atomic E-state index is 0.00820. The van der Waals surface area contributed by atoms with Gasteiger partial charge in [0.15, 0.2) is 0 Å². The number of aromatic nitrogens is 2. The number of alkyl halides is 3. The molecule has 0 amide bonds. The van der Waals surface area contributed by atoms with E-state index in [4.69, 9.17) is 16.3 Å². The zero-order chi connectivity index (χ0) is 24.2. The lowest BCUT2D eigenvalue weighted by Crippen LogP contribution is -2.47. The molecular formula is C22H29ClF3N4O2S+. The fraction of sp³-hybridized carbons (Fsp3) is 0.545. The van der Waals surface area contributed by atoms with E-state index in [0.29, 0.717) is 34.7 Å². The minimum atomic E-state index is -4.29. The Morgan fingerprint density at radius 2 is 1.88 bits per heavy atom. The second kappa shape index (κ2) is 11.0. The summed E-state index contributed by atoms with van der Waals surface area (Å²) >= 11 is 7.31. The van der Waals surface area contributed by atoms with Crippen LogP contribution in [-0.4, -0.2) is 58.3 Å². The average Bonchev–Trinajstić information content (AvgIpc) is 2.71. The second-order valence-corrected chi connectivity index (χ2v) is 10.7. The molecule has 3 rings (SSSR count). The highest BCUT2D eigenvalue weighted by Gasteiger charge is 2.31. The zero-order valence-electron chi connectivity index (χ0n) is 18.8. The molecule has 2 aromatic rings. The van der Waals surface area contributed by atoms with Crippen molar-refractivity contribution < 1.29 is 17.9 Å². The van der Waals surface area contributed by atoms with Gasteiger partial charge in [0.1, 0.15) is 10.9 Å². The first-order valence-corrected chi connectivity index (χ1v) is 12.1. The number of benzene rings is 1. The maximum atomic E-state index is 13.3. The van der Waals surface area contributed by atoms with Crippen LogP contribution in [0.15, 0.2) is 35.3 Å². The Labute approximate surface area is 200 Å². The summed E-state index contributed by atoms with van der Waals surface area (Å²) in [7, 11) is 0. The van der Waals surface area contributed by atoms with Crippen LogP contribution in [0, 0.1) is 5.92 Å². The Morgan fingerprint density at radius 1 is 1.18 bits per heavy atom. The van der Waals surface area contributed by atoms with Crippen LogP contribution in [0.3, 0.4) is 0 Å². The molecule has 0 N–H and O–H groups in total. The van der Waals surface area contributed by atoms with Crippen molar-refractivity contribution in [3.63, 3.8) is 0 Å². The van der Waals surface area contributed by atoms with Gasteiger partial charge in [-0.2, -0.15) is 23.0 Å². The van der Waals surface area contributed by atoms with Gasteiger partial charge >= 0.3 is 11.7 Å². The summed E-state index contributed by atoms with van der Waals surface area (Å²) in [4.78, 5) is 15.3. The van der Waals surface area contributed by atoms with Crippen molar-refractivity contribution in [3.8, 4) is 11.4 Å². The van der Waals surface area contributed by atoms with Crippen LogP contribution in [0.4, 0.5) is 18.9 Å². The molecule has 0 aliphatic carbocycles. The molecule has 1 unspecified atom stereocenters. The van der Waals surface area contributed by atoms with Crippen molar-refractivity contribution in [1.29, 1.82) is 0 Å². The number of anilines is 1. The third kappa shape index (κ3) is 7.28. The van der Waals surface area contributed by atoms with E-state index in [1.54, 1.807) is 30.5 Å². The van der Waals surface area contributed by atoms with Gasteiger partial charge in [-0.1, -0.05) is 24.6 Å². The Morgan fingerprint density at radius 3 is 2.48 bits per heavy atom. The molecule has 1 aliphatic heterocycles. The first-order chi connectivity index (χ1) is 15.5. The maximum absolute atomic E-state index is 13.3. The van der Waals surface area contributed by atoms with Crippen LogP contribution in [0.25, 0.3) is 5.69 Å². The number of halogens is 4. The molecule has 1 aromatic heterocycles. The number of ether oxygens (including phenoxy) is 1. The van der Waals surface area contributed by atoms with Gasteiger partial charge in [0.2, 0.25) is 5.75 Å². The summed E-state index contributed by atoms with van der Waals surface area (Å²) in [5.74, 6) is -0.791. The van der Waals surface area contributed by atoms with E-state index in [0.717, 1.165) is 17.8 Å². The highest BCUT2D eigenvalue weighted by atomic mass is 35.5. The molecular weight excluding hydrogens is 477 g/mol. The topological polar surface area (TPSA) is 50.6 Å². The van der Waals surface area contributed by atoms with Gasteiger partial charge in [-0.05, 0) is 38.0 Å². The molecule has 11 heteroatoms. The monoisotopic (exact) mass is 505 g/mol. The molecule has 1 aromatic carbocycles. The quantitative estimate of drug-likeness (QED) is 0.399. The fourth-order valence-electron chi connectivity index (χ4n) is 3.64. The van der Waals surface area contributed by atoms with E-state index >= 15 is 0 Å². The van der Waals surface area contributed by atoms with Crippen LogP contribution in [0.2, 0.25) is 5.02 Å². The molecule has 182 valence electrons. The van der Waals surface area contributed by atoms with E-state index in [9.17, 15) is 18.0 Å². The van der Waals surface area contributed by atoms with E-state index in [1.807, 2.05) is 4.90 Å². The van der Waals surface area contributed by atoms with Crippen LogP contribution < -0.4 is 15.2 Å². The van der Waals surface area contributed by atoms with Crippen LogP contribution >= 0.6 is 11.6 Å². The van der Waals surface area contributed by atoms with Crippen LogP contribution in [0.5, 0.6) is 5.75 Å². The Kier molecular flexibility index (Phi) is 8.58. The second-order valence-electron chi connectivity index (χ2n) is 8.44. The van der Waals surface area contributed by atoms with Gasteiger partial charge in [0.05, 0.1) is 43.5 Å². The summed E-state index contributed by atoms with van der Waals surface area (Å²) in [6.07, 6.45) is -3.73. The number of hydrogen-bond acceptors (Lipinski definition) is 5. The molecule has 0 saturated carbocycles. The van der Waals surface area contributed by atoms with E-state index < -0.39 is 24.1 Å². The molecule has 1 saturated heterocycles. The normalized spacial score (nSPS) is 16.3. The highest BCUT2D eigenvalue weighted by molar-refractivity contribution is 7.76. The van der Waals surface area contributed by atoms with Crippen LogP contribution in [-0.2, 0) is 11.9 Å². The standard InChI is InChI=1S/C22H28ClF3N4O2S/c1-15(2)33-29-9-7-28(8-10-29)19-13-27-30(18-6-4-5-17(23)11-18)21(31)20(19)32-14-16(3)12-22(24,25)26/h4-6,11,13,15-16H,7-10,12,14H2,1-3H3/p+1. The molecule has 1 fully saturated rings. The maximum Gasteiger partial charge on any atom is 0.389 e. The molecule has 2 heterocycles. The summed E-state index contributed by atoms with van der Waals surface area (Å²) < 4.78 is 47.6. The predicted molar refractivity (Wildman–Crippen MR) is 128 cm³/mol. The number of nitrogens with zero attached hydrogens (tertiary/aromatic N) is 4. The number of hydrogen-bond donors (Lipinski definition) is 0. The molecule has 0 bridgehead atoms. The third-order valence-electron chi connectivity index (χ3n) is 5.05. The van der Waals surface area contributed by atoms with E-state index in [1.165, 1.54) is 18.9 Å². The first-order valence-electron chi connectivity index (χ1n) is 10.8. The summed E-state index contributed by atoms with van der Waals surface area (Å²) in [6.45, 7) is 8.47. The lowest BCUT2D eigenvalue weighted by atomic mass is 10.1. The summed E-state index contributed by atoms with van der Waals surface area (Å²) in [5, 5.41) is 5.27. The summed E-state index contributed by atoms with van der Waals surface area (Å²) in [6, 6.07) is 6.64. The lowest BCUT2D eigenvalue weighted by Gasteiger charge is -2.33.